The van der Waals surface area contributed by atoms with Crippen molar-refractivity contribution in [2.24, 2.45) is 0 Å². The van der Waals surface area contributed by atoms with Crippen LogP contribution in [0.15, 0.2) is 36.5 Å². The number of likely N-dealkylation sites (tertiary alicyclic amines) is 1. The molecule has 29 heavy (non-hydrogen) atoms. The largest absolute Gasteiger partial charge is 0.496 e. The van der Waals surface area contributed by atoms with Gasteiger partial charge in [-0.1, -0.05) is 12.1 Å². The topological polar surface area (TPSA) is 76.9 Å². The van der Waals surface area contributed by atoms with Gasteiger partial charge >= 0.3 is 0 Å². The fourth-order valence-corrected chi connectivity index (χ4v) is 4.37. The lowest BCUT2D eigenvalue weighted by atomic mass is 9.82. The van der Waals surface area contributed by atoms with Crippen LogP contribution in [-0.4, -0.2) is 67.0 Å². The molecule has 0 aliphatic carbocycles. The van der Waals surface area contributed by atoms with Crippen molar-refractivity contribution in [2.75, 3.05) is 45.4 Å². The second-order valence-corrected chi connectivity index (χ2v) is 7.53. The van der Waals surface area contributed by atoms with Crippen LogP contribution in [0.3, 0.4) is 0 Å². The van der Waals surface area contributed by atoms with E-state index < -0.39 is 0 Å². The number of amides is 2. The number of anilines is 1. The van der Waals surface area contributed by atoms with Gasteiger partial charge in [0, 0.05) is 26.3 Å². The number of piperidine rings is 1. The van der Waals surface area contributed by atoms with Crippen molar-refractivity contribution in [3.63, 3.8) is 0 Å². The summed E-state index contributed by atoms with van der Waals surface area (Å²) in [6.45, 7) is 2.13. The molecule has 0 N–H and O–H groups in total. The first-order valence-electron chi connectivity index (χ1n) is 9.86. The van der Waals surface area contributed by atoms with Crippen LogP contribution < -0.4 is 9.64 Å². The van der Waals surface area contributed by atoms with Crippen LogP contribution in [0.2, 0.25) is 0 Å². The number of nitrogens with zero attached hydrogens (tertiary/aromatic N) is 4. The van der Waals surface area contributed by atoms with Crippen LogP contribution >= 0.6 is 0 Å². The minimum absolute atomic E-state index is 0.0400. The maximum atomic E-state index is 13.0. The Bertz CT molecular complexity index is 902. The fraction of sp³-hybridized carbons (Fsp3) is 0.476. The Labute approximate surface area is 170 Å². The first-order valence-corrected chi connectivity index (χ1v) is 9.86. The molecule has 1 spiro atoms. The molecule has 2 aromatic rings. The van der Waals surface area contributed by atoms with Crippen molar-refractivity contribution < 1.29 is 19.1 Å². The van der Waals surface area contributed by atoms with E-state index in [0.717, 1.165) is 5.82 Å². The Morgan fingerprint density at radius 3 is 2.66 bits per heavy atom. The van der Waals surface area contributed by atoms with Crippen molar-refractivity contribution in [1.82, 2.24) is 14.7 Å². The van der Waals surface area contributed by atoms with E-state index in [0.29, 0.717) is 56.8 Å². The van der Waals surface area contributed by atoms with Gasteiger partial charge in [-0.05, 0) is 25.0 Å². The molecule has 2 aliphatic rings. The minimum Gasteiger partial charge on any atom is -0.496 e. The van der Waals surface area contributed by atoms with Gasteiger partial charge in [0.2, 0.25) is 5.91 Å². The monoisotopic (exact) mass is 398 g/mol. The minimum atomic E-state index is -0.378. The molecule has 4 rings (SSSR count). The zero-order valence-corrected chi connectivity index (χ0v) is 16.8. The number of hydrogen-bond donors (Lipinski definition) is 0. The molecule has 0 saturated carbocycles. The molecule has 2 aliphatic heterocycles. The number of fused-ring (bicyclic) bond motifs is 2. The molecule has 0 bridgehead atoms. The van der Waals surface area contributed by atoms with Gasteiger partial charge in [0.25, 0.3) is 5.91 Å². The van der Waals surface area contributed by atoms with Gasteiger partial charge in [-0.15, -0.1) is 0 Å². The second-order valence-electron chi connectivity index (χ2n) is 7.53. The summed E-state index contributed by atoms with van der Waals surface area (Å²) in [5, 5.41) is 4.54. The normalized spacial score (nSPS) is 18.1. The zero-order chi connectivity index (χ0) is 20.4. The van der Waals surface area contributed by atoms with Gasteiger partial charge in [-0.3, -0.25) is 14.5 Å². The smallest absolute Gasteiger partial charge is 0.257 e. The molecule has 154 valence electrons. The number of methoxy groups -OCH3 is 2. The second kappa shape index (κ2) is 7.87. The summed E-state index contributed by atoms with van der Waals surface area (Å²) >= 11 is 0. The van der Waals surface area contributed by atoms with Gasteiger partial charge in [-0.2, -0.15) is 5.10 Å². The van der Waals surface area contributed by atoms with Crippen molar-refractivity contribution in [3.05, 3.63) is 42.1 Å². The Balaban J connectivity index is 1.53. The van der Waals surface area contributed by atoms with E-state index in [9.17, 15) is 9.59 Å². The van der Waals surface area contributed by atoms with Crippen LogP contribution in [0, 0.1) is 0 Å². The van der Waals surface area contributed by atoms with Gasteiger partial charge in [-0.25, -0.2) is 4.68 Å². The third-order valence-corrected chi connectivity index (χ3v) is 5.97. The van der Waals surface area contributed by atoms with Crippen LogP contribution in [0.4, 0.5) is 5.82 Å². The molecule has 0 atom stereocenters. The summed E-state index contributed by atoms with van der Waals surface area (Å²) in [4.78, 5) is 29.5. The molecule has 1 saturated heterocycles. The van der Waals surface area contributed by atoms with E-state index in [1.165, 1.54) is 0 Å². The Morgan fingerprint density at radius 2 is 1.93 bits per heavy atom. The SMILES string of the molecule is COCCN1C(=O)CC2(CCN(C(=O)c3ccccc3OC)CC2)n2nccc21. The van der Waals surface area contributed by atoms with Gasteiger partial charge < -0.3 is 14.4 Å². The van der Waals surface area contributed by atoms with E-state index in [2.05, 4.69) is 5.10 Å². The lowest BCUT2D eigenvalue weighted by Gasteiger charge is -2.46. The zero-order valence-electron chi connectivity index (χ0n) is 16.8. The number of benzene rings is 1. The van der Waals surface area contributed by atoms with Gasteiger partial charge in [0.1, 0.15) is 11.6 Å². The lowest BCUT2D eigenvalue weighted by molar-refractivity contribution is -0.123. The Hall–Kier alpha value is -2.87. The summed E-state index contributed by atoms with van der Waals surface area (Å²) in [6.07, 6.45) is 3.50. The number of ether oxygens (including phenoxy) is 2. The predicted octanol–water partition coefficient (Wildman–Crippen LogP) is 1.91. The van der Waals surface area contributed by atoms with E-state index in [-0.39, 0.29) is 17.4 Å². The standard InChI is InChI=1S/C21H26N4O4/c1-28-14-13-24-18-7-10-22-25(18)21(15-19(24)26)8-11-23(12-9-21)20(27)16-5-3-4-6-17(16)29-2/h3-7,10H,8-9,11-15H2,1-2H3. The fourth-order valence-electron chi connectivity index (χ4n) is 4.37. The molecule has 3 heterocycles. The number of rotatable bonds is 5. The predicted molar refractivity (Wildman–Crippen MR) is 107 cm³/mol. The molecule has 8 nitrogen and oxygen atoms in total. The highest BCUT2D eigenvalue weighted by Gasteiger charge is 2.46. The highest BCUT2D eigenvalue weighted by molar-refractivity contribution is 5.97. The third-order valence-electron chi connectivity index (χ3n) is 5.97. The Morgan fingerprint density at radius 1 is 1.17 bits per heavy atom. The molecule has 8 heteroatoms. The van der Waals surface area contributed by atoms with Crippen LogP contribution in [0.25, 0.3) is 0 Å². The van der Waals surface area contributed by atoms with E-state index >= 15 is 0 Å². The highest BCUT2D eigenvalue weighted by Crippen LogP contribution is 2.41. The van der Waals surface area contributed by atoms with Crippen molar-refractivity contribution in [3.8, 4) is 5.75 Å². The first-order chi connectivity index (χ1) is 14.1. The van der Waals surface area contributed by atoms with Gasteiger partial charge in [0.05, 0.1) is 44.0 Å². The van der Waals surface area contributed by atoms with E-state index in [4.69, 9.17) is 9.47 Å². The van der Waals surface area contributed by atoms with Crippen molar-refractivity contribution in [1.29, 1.82) is 0 Å². The number of hydrogen-bond acceptors (Lipinski definition) is 5. The average molecular weight is 398 g/mol. The molecular formula is C21H26N4O4. The van der Waals surface area contributed by atoms with Crippen molar-refractivity contribution >= 4 is 17.6 Å². The van der Waals surface area contributed by atoms with Crippen LogP contribution in [0.1, 0.15) is 29.6 Å². The maximum absolute atomic E-state index is 13.0. The summed E-state index contributed by atoms with van der Waals surface area (Å²) in [5.74, 6) is 1.43. The summed E-state index contributed by atoms with van der Waals surface area (Å²) in [6, 6.07) is 9.15. The third kappa shape index (κ3) is 3.37. The summed E-state index contributed by atoms with van der Waals surface area (Å²) < 4.78 is 12.5. The van der Waals surface area contributed by atoms with Crippen LogP contribution in [-0.2, 0) is 15.1 Å². The molecule has 1 fully saturated rings. The first kappa shape index (κ1) is 19.4. The number of para-hydroxylation sites is 1. The highest BCUT2D eigenvalue weighted by atomic mass is 16.5. The number of carbonyl (C=O) groups is 2. The Kier molecular flexibility index (Phi) is 5.27. The molecule has 2 amide bonds. The number of carbonyl (C=O) groups excluding carboxylic acids is 2. The summed E-state index contributed by atoms with van der Waals surface area (Å²) in [5.41, 5.74) is 0.188. The van der Waals surface area contributed by atoms with E-state index in [1.807, 2.05) is 27.8 Å². The quantitative estimate of drug-likeness (QED) is 0.769. The molecular weight excluding hydrogens is 372 g/mol. The molecule has 0 unspecified atom stereocenters. The lowest BCUT2D eigenvalue weighted by Crippen LogP contribution is -2.55. The summed E-state index contributed by atoms with van der Waals surface area (Å²) in [7, 11) is 3.20. The van der Waals surface area contributed by atoms with Crippen LogP contribution in [0.5, 0.6) is 5.75 Å². The maximum Gasteiger partial charge on any atom is 0.257 e. The molecule has 1 aromatic heterocycles. The molecule has 0 radical (unpaired) electrons. The average Bonchev–Trinajstić information content (AvgIpc) is 3.24. The number of aromatic nitrogens is 2. The van der Waals surface area contributed by atoms with Gasteiger partial charge in [0.15, 0.2) is 0 Å². The van der Waals surface area contributed by atoms with E-state index in [1.54, 1.807) is 37.4 Å². The molecule has 1 aromatic carbocycles. The van der Waals surface area contributed by atoms with Crippen molar-refractivity contribution in [2.45, 2.75) is 24.8 Å².